The number of anilines is 1. The fourth-order valence-electron chi connectivity index (χ4n) is 2.56. The standard InChI is InChI=1S/C14H21N3O2/c1-11-8-12(4-5-13(11)17(18)19)16-10-14(2)6-3-7-15-9-14/h4-5,8,15-16H,3,6-7,9-10H2,1-2H3. The van der Waals surface area contributed by atoms with Gasteiger partial charge in [-0.3, -0.25) is 10.1 Å². The van der Waals surface area contributed by atoms with Crippen LogP contribution in [0, 0.1) is 22.5 Å². The predicted octanol–water partition coefficient (Wildman–Crippen LogP) is 2.70. The third kappa shape index (κ3) is 3.44. The largest absolute Gasteiger partial charge is 0.384 e. The van der Waals surface area contributed by atoms with Crippen molar-refractivity contribution in [3.63, 3.8) is 0 Å². The average Bonchev–Trinajstić information content (AvgIpc) is 2.37. The molecule has 0 amide bonds. The van der Waals surface area contributed by atoms with E-state index in [4.69, 9.17) is 0 Å². The quantitative estimate of drug-likeness (QED) is 0.647. The molecule has 1 fully saturated rings. The first kappa shape index (κ1) is 13.8. The second-order valence-corrected chi connectivity index (χ2v) is 5.70. The van der Waals surface area contributed by atoms with E-state index in [1.54, 1.807) is 19.1 Å². The van der Waals surface area contributed by atoms with E-state index in [-0.39, 0.29) is 16.0 Å². The molecule has 2 N–H and O–H groups in total. The van der Waals surface area contributed by atoms with Gasteiger partial charge in [0, 0.05) is 30.4 Å². The number of nitrogens with one attached hydrogen (secondary N) is 2. The van der Waals surface area contributed by atoms with Gasteiger partial charge in [-0.05, 0) is 43.9 Å². The Labute approximate surface area is 113 Å². The van der Waals surface area contributed by atoms with Crippen LogP contribution in [0.25, 0.3) is 0 Å². The van der Waals surface area contributed by atoms with E-state index in [1.165, 1.54) is 12.8 Å². The van der Waals surface area contributed by atoms with E-state index in [1.807, 2.05) is 6.07 Å². The van der Waals surface area contributed by atoms with Crippen molar-refractivity contribution < 1.29 is 4.92 Å². The van der Waals surface area contributed by atoms with Gasteiger partial charge in [0.15, 0.2) is 0 Å². The summed E-state index contributed by atoms with van der Waals surface area (Å²) in [5, 5.41) is 17.6. The molecule has 104 valence electrons. The molecule has 0 spiro atoms. The van der Waals surface area contributed by atoms with Crippen LogP contribution >= 0.6 is 0 Å². The van der Waals surface area contributed by atoms with Gasteiger partial charge >= 0.3 is 0 Å². The van der Waals surface area contributed by atoms with Crippen LogP contribution in [0.15, 0.2) is 18.2 Å². The van der Waals surface area contributed by atoms with Crippen molar-refractivity contribution in [3.05, 3.63) is 33.9 Å². The summed E-state index contributed by atoms with van der Waals surface area (Å²) in [6, 6.07) is 5.20. The zero-order valence-electron chi connectivity index (χ0n) is 11.5. The van der Waals surface area contributed by atoms with E-state index < -0.39 is 0 Å². The van der Waals surface area contributed by atoms with E-state index in [2.05, 4.69) is 17.6 Å². The molecule has 1 saturated heterocycles. The van der Waals surface area contributed by atoms with E-state index in [0.717, 1.165) is 25.3 Å². The summed E-state index contributed by atoms with van der Waals surface area (Å²) < 4.78 is 0. The Morgan fingerprint density at radius 3 is 2.89 bits per heavy atom. The van der Waals surface area contributed by atoms with Crippen LogP contribution in [-0.2, 0) is 0 Å². The zero-order valence-corrected chi connectivity index (χ0v) is 11.5. The fraction of sp³-hybridized carbons (Fsp3) is 0.571. The van der Waals surface area contributed by atoms with Gasteiger partial charge in [-0.1, -0.05) is 6.92 Å². The number of hydrogen-bond acceptors (Lipinski definition) is 4. The lowest BCUT2D eigenvalue weighted by atomic mass is 9.83. The molecule has 19 heavy (non-hydrogen) atoms. The maximum Gasteiger partial charge on any atom is 0.272 e. The molecule has 1 unspecified atom stereocenters. The number of nitro benzene ring substituents is 1. The third-order valence-electron chi connectivity index (χ3n) is 3.80. The van der Waals surface area contributed by atoms with Gasteiger partial charge in [-0.25, -0.2) is 0 Å². The van der Waals surface area contributed by atoms with Crippen LogP contribution in [0.5, 0.6) is 0 Å². The SMILES string of the molecule is Cc1cc(NCC2(C)CCCNC2)ccc1[N+](=O)[O-]. The molecule has 5 heteroatoms. The molecule has 0 radical (unpaired) electrons. The van der Waals surface area contributed by atoms with Crippen molar-refractivity contribution in [1.29, 1.82) is 0 Å². The van der Waals surface area contributed by atoms with Gasteiger partial charge < -0.3 is 10.6 Å². The Morgan fingerprint density at radius 2 is 2.32 bits per heavy atom. The first-order chi connectivity index (χ1) is 9.00. The summed E-state index contributed by atoms with van der Waals surface area (Å²) in [7, 11) is 0. The molecule has 0 aromatic heterocycles. The molecular formula is C14H21N3O2. The molecule has 5 nitrogen and oxygen atoms in total. The number of benzene rings is 1. The smallest absolute Gasteiger partial charge is 0.272 e. The molecule has 1 aromatic carbocycles. The van der Waals surface area contributed by atoms with Crippen molar-refractivity contribution >= 4 is 11.4 Å². The van der Waals surface area contributed by atoms with Crippen molar-refractivity contribution in [2.45, 2.75) is 26.7 Å². The number of aryl methyl sites for hydroxylation is 1. The van der Waals surface area contributed by atoms with Crippen LogP contribution in [0.4, 0.5) is 11.4 Å². The highest BCUT2D eigenvalue weighted by atomic mass is 16.6. The van der Waals surface area contributed by atoms with Gasteiger partial charge in [0.2, 0.25) is 0 Å². The summed E-state index contributed by atoms with van der Waals surface area (Å²) in [4.78, 5) is 10.4. The normalized spacial score (nSPS) is 23.1. The predicted molar refractivity (Wildman–Crippen MR) is 76.5 cm³/mol. The van der Waals surface area contributed by atoms with Crippen molar-refractivity contribution in [2.24, 2.45) is 5.41 Å². The molecular weight excluding hydrogens is 242 g/mol. The first-order valence-electron chi connectivity index (χ1n) is 6.70. The molecule has 1 heterocycles. The zero-order chi connectivity index (χ0) is 13.9. The Hall–Kier alpha value is -1.62. The minimum absolute atomic E-state index is 0.177. The first-order valence-corrected chi connectivity index (χ1v) is 6.70. The summed E-state index contributed by atoms with van der Waals surface area (Å²) >= 11 is 0. The molecule has 1 atom stereocenters. The van der Waals surface area contributed by atoms with Gasteiger partial charge in [0.1, 0.15) is 0 Å². The highest BCUT2D eigenvalue weighted by Crippen LogP contribution is 2.27. The topological polar surface area (TPSA) is 67.2 Å². The van der Waals surface area contributed by atoms with Crippen LogP contribution in [0.3, 0.4) is 0 Å². The summed E-state index contributed by atoms with van der Waals surface area (Å²) in [6.45, 7) is 7.05. The van der Waals surface area contributed by atoms with Crippen molar-refractivity contribution in [3.8, 4) is 0 Å². The van der Waals surface area contributed by atoms with Gasteiger partial charge in [-0.2, -0.15) is 0 Å². The molecule has 1 aromatic rings. The molecule has 2 rings (SSSR count). The average molecular weight is 263 g/mol. The second-order valence-electron chi connectivity index (χ2n) is 5.70. The Morgan fingerprint density at radius 1 is 1.53 bits per heavy atom. The van der Waals surface area contributed by atoms with Crippen LogP contribution in [0.2, 0.25) is 0 Å². The van der Waals surface area contributed by atoms with Crippen molar-refractivity contribution in [2.75, 3.05) is 25.0 Å². The molecule has 0 bridgehead atoms. The van der Waals surface area contributed by atoms with E-state index in [9.17, 15) is 10.1 Å². The second kappa shape index (κ2) is 5.57. The van der Waals surface area contributed by atoms with Crippen LogP contribution in [-0.4, -0.2) is 24.6 Å². The highest BCUT2D eigenvalue weighted by molar-refractivity contribution is 5.53. The minimum atomic E-state index is -0.342. The molecule has 0 saturated carbocycles. The van der Waals surface area contributed by atoms with Crippen LogP contribution in [0.1, 0.15) is 25.3 Å². The summed E-state index contributed by atoms with van der Waals surface area (Å²) in [6.07, 6.45) is 2.41. The number of nitrogens with zero attached hydrogens (tertiary/aromatic N) is 1. The van der Waals surface area contributed by atoms with E-state index in [0.29, 0.717) is 5.56 Å². The molecule has 1 aliphatic heterocycles. The Balaban J connectivity index is 2.00. The number of rotatable bonds is 4. The number of nitro groups is 1. The number of hydrogen-bond donors (Lipinski definition) is 2. The van der Waals surface area contributed by atoms with Crippen molar-refractivity contribution in [1.82, 2.24) is 5.32 Å². The molecule has 1 aliphatic rings. The summed E-state index contributed by atoms with van der Waals surface area (Å²) in [5.74, 6) is 0. The summed E-state index contributed by atoms with van der Waals surface area (Å²) in [5.41, 5.74) is 2.08. The maximum absolute atomic E-state index is 10.8. The lowest BCUT2D eigenvalue weighted by Gasteiger charge is -2.34. The maximum atomic E-state index is 10.8. The Kier molecular flexibility index (Phi) is 4.04. The highest BCUT2D eigenvalue weighted by Gasteiger charge is 2.26. The third-order valence-corrected chi connectivity index (χ3v) is 3.80. The fourth-order valence-corrected chi connectivity index (χ4v) is 2.56. The number of piperidine rings is 1. The van der Waals surface area contributed by atoms with Crippen LogP contribution < -0.4 is 10.6 Å². The van der Waals surface area contributed by atoms with Gasteiger partial charge in [-0.15, -0.1) is 0 Å². The minimum Gasteiger partial charge on any atom is -0.384 e. The van der Waals surface area contributed by atoms with Gasteiger partial charge in [0.25, 0.3) is 5.69 Å². The molecule has 0 aliphatic carbocycles. The lowest BCUT2D eigenvalue weighted by molar-refractivity contribution is -0.385. The Bertz CT molecular complexity index is 468. The van der Waals surface area contributed by atoms with Gasteiger partial charge in [0.05, 0.1) is 4.92 Å². The lowest BCUT2D eigenvalue weighted by Crippen LogP contribution is -2.42. The van der Waals surface area contributed by atoms with E-state index >= 15 is 0 Å². The monoisotopic (exact) mass is 263 g/mol.